The smallest absolute Gasteiger partial charge is 0.279 e. The summed E-state index contributed by atoms with van der Waals surface area (Å²) in [6.45, 7) is 9.29. The molecule has 2 amide bonds. The lowest BCUT2D eigenvalue weighted by atomic mass is 10.1. The van der Waals surface area contributed by atoms with Crippen LogP contribution in [0.15, 0.2) is 12.1 Å². The number of anilines is 1. The van der Waals surface area contributed by atoms with Crippen molar-refractivity contribution in [1.29, 1.82) is 0 Å². The minimum atomic E-state index is -1.60. The minimum absolute atomic E-state index is 0.00231. The van der Waals surface area contributed by atoms with Crippen LogP contribution in [0.25, 0.3) is 0 Å². The van der Waals surface area contributed by atoms with E-state index in [1.165, 1.54) is 0 Å². The van der Waals surface area contributed by atoms with E-state index in [2.05, 4.69) is 10.6 Å². The summed E-state index contributed by atoms with van der Waals surface area (Å²) in [6.07, 6.45) is 0.848. The Bertz CT molecular complexity index is 722. The number of nitrogens with one attached hydrogen (secondary N) is 4. The van der Waals surface area contributed by atoms with Gasteiger partial charge >= 0.3 is 0 Å². The molecule has 9 heteroatoms. The summed E-state index contributed by atoms with van der Waals surface area (Å²) in [5, 5.41) is 5.25. The van der Waals surface area contributed by atoms with E-state index in [-0.39, 0.29) is 23.7 Å². The van der Waals surface area contributed by atoms with Crippen LogP contribution in [0, 0.1) is 17.5 Å². The second-order valence-corrected chi connectivity index (χ2v) is 8.28. The van der Waals surface area contributed by atoms with Crippen molar-refractivity contribution in [2.75, 3.05) is 44.6 Å². The van der Waals surface area contributed by atoms with E-state index in [4.69, 9.17) is 0 Å². The van der Waals surface area contributed by atoms with E-state index in [0.29, 0.717) is 13.1 Å². The standard InChI is InChI=1S/C19H27F3N4O2/c1-19(2,3)24-16(28)12-26-8-4-7-25(9-10-26)11-15(27)23-14-6-5-13(20)17(21)18(14)22/h5-6H,4,7-12H2,1-3H3,(H,23,27)(H,24,28)/p+2. The lowest BCUT2D eigenvalue weighted by Gasteiger charge is -2.22. The van der Waals surface area contributed by atoms with Crippen LogP contribution in [0.1, 0.15) is 27.2 Å². The van der Waals surface area contributed by atoms with Crippen molar-refractivity contribution in [2.24, 2.45) is 0 Å². The number of rotatable bonds is 5. The van der Waals surface area contributed by atoms with Gasteiger partial charge in [0.2, 0.25) is 0 Å². The van der Waals surface area contributed by atoms with E-state index in [0.717, 1.165) is 48.0 Å². The highest BCUT2D eigenvalue weighted by Crippen LogP contribution is 2.19. The van der Waals surface area contributed by atoms with Crippen LogP contribution in [0.2, 0.25) is 0 Å². The zero-order valence-electron chi connectivity index (χ0n) is 16.6. The Morgan fingerprint density at radius 3 is 2.07 bits per heavy atom. The average molecular weight is 402 g/mol. The lowest BCUT2D eigenvalue weighted by Crippen LogP contribution is -3.18. The fourth-order valence-corrected chi connectivity index (χ4v) is 3.28. The zero-order valence-corrected chi connectivity index (χ0v) is 16.6. The Labute approximate surface area is 163 Å². The minimum Gasteiger partial charge on any atom is -0.347 e. The van der Waals surface area contributed by atoms with Gasteiger partial charge in [-0.2, -0.15) is 0 Å². The number of quaternary nitrogens is 2. The number of amides is 2. The number of hydrogen-bond donors (Lipinski definition) is 4. The second-order valence-electron chi connectivity index (χ2n) is 8.28. The number of halogens is 3. The third kappa shape index (κ3) is 6.79. The molecule has 1 aromatic carbocycles. The largest absolute Gasteiger partial charge is 0.347 e. The molecule has 1 fully saturated rings. The van der Waals surface area contributed by atoms with Crippen molar-refractivity contribution in [1.82, 2.24) is 5.32 Å². The molecular weight excluding hydrogens is 373 g/mol. The zero-order chi connectivity index (χ0) is 20.9. The number of carbonyl (C=O) groups excluding carboxylic acids is 2. The first kappa shape index (κ1) is 22.2. The molecule has 2 rings (SSSR count). The summed E-state index contributed by atoms with van der Waals surface area (Å²) in [7, 11) is 0. The van der Waals surface area contributed by atoms with Crippen molar-refractivity contribution in [2.45, 2.75) is 32.7 Å². The van der Waals surface area contributed by atoms with Gasteiger partial charge in [0.1, 0.15) is 13.1 Å². The van der Waals surface area contributed by atoms with Crippen molar-refractivity contribution in [3.8, 4) is 0 Å². The van der Waals surface area contributed by atoms with Crippen molar-refractivity contribution >= 4 is 17.5 Å². The highest BCUT2D eigenvalue weighted by atomic mass is 19.2. The maximum atomic E-state index is 13.7. The normalized spacial score (nSPS) is 20.4. The maximum Gasteiger partial charge on any atom is 0.279 e. The third-order valence-corrected chi connectivity index (χ3v) is 4.54. The number of benzene rings is 1. The van der Waals surface area contributed by atoms with Crippen LogP contribution in [0.4, 0.5) is 18.9 Å². The van der Waals surface area contributed by atoms with Gasteiger partial charge in [-0.15, -0.1) is 0 Å². The Balaban J connectivity index is 1.83. The molecule has 2 atom stereocenters. The van der Waals surface area contributed by atoms with Gasteiger partial charge in [0.15, 0.2) is 30.5 Å². The van der Waals surface area contributed by atoms with Crippen LogP contribution in [-0.4, -0.2) is 56.6 Å². The van der Waals surface area contributed by atoms with E-state index >= 15 is 0 Å². The molecule has 1 heterocycles. The molecule has 0 spiro atoms. The van der Waals surface area contributed by atoms with E-state index in [1.807, 2.05) is 20.8 Å². The molecule has 6 nitrogen and oxygen atoms in total. The molecule has 1 saturated heterocycles. The highest BCUT2D eigenvalue weighted by Gasteiger charge is 2.25. The average Bonchev–Trinajstić information content (AvgIpc) is 2.79. The van der Waals surface area contributed by atoms with Gasteiger partial charge in [-0.05, 0) is 32.9 Å². The summed E-state index contributed by atoms with van der Waals surface area (Å²) in [6, 6.07) is 1.78. The molecular formula is C19H29F3N4O2+2. The van der Waals surface area contributed by atoms with Gasteiger partial charge < -0.3 is 20.4 Å². The first-order valence-corrected chi connectivity index (χ1v) is 9.46. The van der Waals surface area contributed by atoms with Crippen LogP contribution in [0.5, 0.6) is 0 Å². The van der Waals surface area contributed by atoms with Gasteiger partial charge in [0.05, 0.1) is 18.8 Å². The topological polar surface area (TPSA) is 67.1 Å². The predicted molar refractivity (Wildman–Crippen MR) is 98.6 cm³/mol. The van der Waals surface area contributed by atoms with Gasteiger partial charge in [0.25, 0.3) is 11.8 Å². The second kappa shape index (κ2) is 9.38. The Hall–Kier alpha value is -2.13. The summed E-state index contributed by atoms with van der Waals surface area (Å²) >= 11 is 0. The van der Waals surface area contributed by atoms with E-state index in [9.17, 15) is 22.8 Å². The molecule has 0 bridgehead atoms. The molecule has 2 unspecified atom stereocenters. The molecule has 1 aromatic rings. The molecule has 156 valence electrons. The SMILES string of the molecule is CC(C)(C)NC(=O)C[NH+]1CCC[NH+](CC(=O)Nc2ccc(F)c(F)c2F)CC1. The van der Waals surface area contributed by atoms with Crippen LogP contribution in [-0.2, 0) is 9.59 Å². The highest BCUT2D eigenvalue weighted by molar-refractivity contribution is 5.91. The molecule has 0 saturated carbocycles. The molecule has 0 radical (unpaired) electrons. The summed E-state index contributed by atoms with van der Waals surface area (Å²) < 4.78 is 39.9. The van der Waals surface area contributed by atoms with Gasteiger partial charge in [-0.1, -0.05) is 0 Å². The predicted octanol–water partition coefficient (Wildman–Crippen LogP) is -0.869. The molecule has 0 aromatic heterocycles. The maximum absolute atomic E-state index is 13.7. The van der Waals surface area contributed by atoms with Crippen molar-refractivity contribution < 1.29 is 32.6 Å². The fraction of sp³-hybridized carbons (Fsp3) is 0.579. The summed E-state index contributed by atoms with van der Waals surface area (Å²) in [5.74, 6) is -4.77. The first-order chi connectivity index (χ1) is 13.0. The molecule has 28 heavy (non-hydrogen) atoms. The van der Waals surface area contributed by atoms with E-state index < -0.39 is 23.4 Å². The Morgan fingerprint density at radius 2 is 1.50 bits per heavy atom. The first-order valence-electron chi connectivity index (χ1n) is 9.46. The summed E-state index contributed by atoms with van der Waals surface area (Å²) in [5.41, 5.74) is -0.642. The molecule has 4 N–H and O–H groups in total. The van der Waals surface area contributed by atoms with E-state index in [1.54, 1.807) is 0 Å². The van der Waals surface area contributed by atoms with Gasteiger partial charge in [0, 0.05) is 12.0 Å². The molecule has 1 aliphatic rings. The third-order valence-electron chi connectivity index (χ3n) is 4.54. The molecule has 1 aliphatic heterocycles. The summed E-state index contributed by atoms with van der Waals surface area (Å²) in [4.78, 5) is 26.4. The molecule has 0 aliphatic carbocycles. The number of hydrogen-bond acceptors (Lipinski definition) is 2. The fourth-order valence-electron chi connectivity index (χ4n) is 3.28. The number of carbonyl (C=O) groups is 2. The lowest BCUT2D eigenvalue weighted by molar-refractivity contribution is -0.930. The van der Waals surface area contributed by atoms with Crippen molar-refractivity contribution in [3.63, 3.8) is 0 Å². The van der Waals surface area contributed by atoms with Crippen molar-refractivity contribution in [3.05, 3.63) is 29.6 Å². The van der Waals surface area contributed by atoms with Crippen LogP contribution < -0.4 is 20.4 Å². The Morgan fingerprint density at radius 1 is 0.929 bits per heavy atom. The monoisotopic (exact) mass is 402 g/mol. The van der Waals surface area contributed by atoms with Gasteiger partial charge in [-0.3, -0.25) is 9.59 Å². The van der Waals surface area contributed by atoms with Gasteiger partial charge in [-0.25, -0.2) is 13.2 Å². The van der Waals surface area contributed by atoms with Crippen LogP contribution in [0.3, 0.4) is 0 Å². The Kier molecular flexibility index (Phi) is 7.42. The quantitative estimate of drug-likeness (QED) is 0.484. The van der Waals surface area contributed by atoms with Crippen LogP contribution >= 0.6 is 0 Å².